The zero-order chi connectivity index (χ0) is 12.9. The number of hydrogen-bond donors (Lipinski definition) is 1. The van der Waals surface area contributed by atoms with Crippen molar-refractivity contribution in [1.82, 2.24) is 0 Å². The average Bonchev–Trinajstić information content (AvgIpc) is 2.28. The average molecular weight is 259 g/mol. The monoisotopic (exact) mass is 259 g/mol. The number of rotatable bonds is 6. The summed E-state index contributed by atoms with van der Waals surface area (Å²) in [6.45, 7) is 0.203. The first kappa shape index (κ1) is 14.0. The van der Waals surface area contributed by atoms with Gasteiger partial charge in [0.25, 0.3) is 0 Å². The summed E-state index contributed by atoms with van der Waals surface area (Å²) in [7, 11) is -0.539. The van der Waals surface area contributed by atoms with Gasteiger partial charge in [-0.2, -0.15) is 0 Å². The minimum atomic E-state index is -3.45. The second-order valence-corrected chi connectivity index (χ2v) is 5.65. The lowest BCUT2D eigenvalue weighted by atomic mass is 10.3. The minimum Gasteiger partial charge on any atom is -0.495 e. The molecule has 1 aromatic rings. The Kier molecular flexibility index (Phi) is 4.92. The van der Waals surface area contributed by atoms with E-state index >= 15 is 0 Å². The molecule has 0 radical (unpaired) electrons. The number of sulfone groups is 1. The normalized spacial score (nSPS) is 13.4. The third kappa shape index (κ3) is 3.69. The van der Waals surface area contributed by atoms with Crippen molar-refractivity contribution in [2.75, 3.05) is 26.6 Å². The van der Waals surface area contributed by atoms with Crippen LogP contribution in [0, 0.1) is 0 Å². The lowest BCUT2D eigenvalue weighted by molar-refractivity contribution is 0.186. The van der Waals surface area contributed by atoms with E-state index in [4.69, 9.17) is 15.2 Å². The summed E-state index contributed by atoms with van der Waals surface area (Å²) >= 11 is 0. The minimum absolute atomic E-state index is 0.161. The van der Waals surface area contributed by atoms with Crippen LogP contribution in [0.1, 0.15) is 0 Å². The van der Waals surface area contributed by atoms with Crippen molar-refractivity contribution in [2.24, 2.45) is 5.73 Å². The molecule has 0 aromatic heterocycles. The van der Waals surface area contributed by atoms with Gasteiger partial charge in [-0.3, -0.25) is 0 Å². The van der Waals surface area contributed by atoms with E-state index in [1.54, 1.807) is 18.2 Å². The number of hydrogen-bond acceptors (Lipinski definition) is 5. The number of nitrogens with two attached hydrogens (primary N) is 1. The molecule has 1 rings (SSSR count). The maximum Gasteiger partial charge on any atom is 0.183 e. The molecule has 0 aliphatic carbocycles. The standard InChI is InChI=1S/C11H17NO4S/c1-15-7-9(12)8-17(13,14)11-6-4-3-5-10(11)16-2/h3-6,9H,7-8,12H2,1-2H3. The Bertz CT molecular complexity index is 458. The smallest absolute Gasteiger partial charge is 0.183 e. The molecule has 96 valence electrons. The van der Waals surface area contributed by atoms with Gasteiger partial charge in [0.15, 0.2) is 9.84 Å². The lowest BCUT2D eigenvalue weighted by Gasteiger charge is -2.13. The molecule has 0 aliphatic rings. The molecule has 0 bridgehead atoms. The molecule has 6 heteroatoms. The van der Waals surface area contributed by atoms with Crippen LogP contribution in [0.25, 0.3) is 0 Å². The second kappa shape index (κ2) is 6.00. The van der Waals surface area contributed by atoms with E-state index in [0.29, 0.717) is 5.75 Å². The summed E-state index contributed by atoms with van der Waals surface area (Å²) < 4.78 is 34.0. The summed E-state index contributed by atoms with van der Waals surface area (Å²) in [4.78, 5) is 0.161. The fourth-order valence-corrected chi connectivity index (χ4v) is 3.09. The molecule has 0 heterocycles. The largest absolute Gasteiger partial charge is 0.495 e. The number of benzene rings is 1. The maximum atomic E-state index is 12.1. The molecule has 17 heavy (non-hydrogen) atoms. The fourth-order valence-electron chi connectivity index (χ4n) is 1.51. The molecular formula is C11H17NO4S. The summed E-state index contributed by atoms with van der Waals surface area (Å²) in [5.74, 6) is 0.165. The predicted octanol–water partition coefficient (Wildman–Crippen LogP) is 0.443. The summed E-state index contributed by atoms with van der Waals surface area (Å²) in [5, 5.41) is 0. The Hall–Kier alpha value is -1.11. The van der Waals surface area contributed by atoms with E-state index < -0.39 is 15.9 Å². The zero-order valence-electron chi connectivity index (χ0n) is 9.92. The Labute approximate surface area is 101 Å². The van der Waals surface area contributed by atoms with Crippen molar-refractivity contribution in [3.05, 3.63) is 24.3 Å². The van der Waals surface area contributed by atoms with Gasteiger partial charge in [0.1, 0.15) is 10.6 Å². The molecule has 0 spiro atoms. The lowest BCUT2D eigenvalue weighted by Crippen LogP contribution is -2.33. The van der Waals surface area contributed by atoms with Crippen molar-refractivity contribution < 1.29 is 17.9 Å². The van der Waals surface area contributed by atoms with Crippen LogP contribution in [0.4, 0.5) is 0 Å². The van der Waals surface area contributed by atoms with Crippen molar-refractivity contribution in [3.63, 3.8) is 0 Å². The van der Waals surface area contributed by atoms with Crippen LogP contribution in [0.3, 0.4) is 0 Å². The molecule has 0 saturated heterocycles. The Morgan fingerprint density at radius 2 is 1.94 bits per heavy atom. The fraction of sp³-hybridized carbons (Fsp3) is 0.455. The van der Waals surface area contributed by atoms with Gasteiger partial charge < -0.3 is 15.2 Å². The van der Waals surface area contributed by atoms with Gasteiger partial charge in [-0.25, -0.2) is 8.42 Å². The summed E-state index contributed by atoms with van der Waals surface area (Å²) in [5.41, 5.74) is 5.65. The zero-order valence-corrected chi connectivity index (χ0v) is 10.7. The Morgan fingerprint density at radius 3 is 2.53 bits per heavy atom. The maximum absolute atomic E-state index is 12.1. The third-order valence-corrected chi connectivity index (χ3v) is 4.09. The van der Waals surface area contributed by atoms with Gasteiger partial charge in [0.2, 0.25) is 0 Å². The molecule has 0 saturated carbocycles. The van der Waals surface area contributed by atoms with Gasteiger partial charge in [-0.1, -0.05) is 12.1 Å². The SMILES string of the molecule is COCC(N)CS(=O)(=O)c1ccccc1OC. The Balaban J connectivity index is 2.97. The first-order valence-corrected chi connectivity index (χ1v) is 6.76. The quantitative estimate of drug-likeness (QED) is 0.802. The molecule has 5 nitrogen and oxygen atoms in total. The first-order valence-electron chi connectivity index (χ1n) is 5.11. The van der Waals surface area contributed by atoms with Crippen LogP contribution in [0.15, 0.2) is 29.2 Å². The van der Waals surface area contributed by atoms with Crippen molar-refractivity contribution in [3.8, 4) is 5.75 Å². The van der Waals surface area contributed by atoms with Gasteiger partial charge in [-0.15, -0.1) is 0 Å². The van der Waals surface area contributed by atoms with Gasteiger partial charge in [0.05, 0.1) is 19.5 Å². The van der Waals surface area contributed by atoms with E-state index in [0.717, 1.165) is 0 Å². The van der Waals surface area contributed by atoms with Gasteiger partial charge in [0, 0.05) is 13.2 Å². The Morgan fingerprint density at radius 1 is 1.29 bits per heavy atom. The van der Waals surface area contributed by atoms with Crippen LogP contribution >= 0.6 is 0 Å². The van der Waals surface area contributed by atoms with Crippen molar-refractivity contribution in [1.29, 1.82) is 0 Å². The highest BCUT2D eigenvalue weighted by molar-refractivity contribution is 7.91. The number of para-hydroxylation sites is 1. The molecule has 0 aliphatic heterocycles. The number of methoxy groups -OCH3 is 2. The molecule has 1 unspecified atom stereocenters. The van der Waals surface area contributed by atoms with E-state index in [1.165, 1.54) is 20.3 Å². The molecule has 1 aromatic carbocycles. The molecule has 0 amide bonds. The van der Waals surface area contributed by atoms with E-state index in [2.05, 4.69) is 0 Å². The molecule has 0 fully saturated rings. The second-order valence-electron chi connectivity index (χ2n) is 3.65. The highest BCUT2D eigenvalue weighted by Crippen LogP contribution is 2.24. The van der Waals surface area contributed by atoms with E-state index in [9.17, 15) is 8.42 Å². The molecule has 1 atom stereocenters. The van der Waals surface area contributed by atoms with Gasteiger partial charge >= 0.3 is 0 Å². The molecular weight excluding hydrogens is 242 g/mol. The van der Waals surface area contributed by atoms with Crippen molar-refractivity contribution in [2.45, 2.75) is 10.9 Å². The van der Waals surface area contributed by atoms with E-state index in [-0.39, 0.29) is 17.3 Å². The highest BCUT2D eigenvalue weighted by atomic mass is 32.2. The van der Waals surface area contributed by atoms with E-state index in [1.807, 2.05) is 0 Å². The predicted molar refractivity (Wildman–Crippen MR) is 64.9 cm³/mol. The van der Waals surface area contributed by atoms with Crippen LogP contribution in [0.2, 0.25) is 0 Å². The first-order chi connectivity index (χ1) is 8.01. The van der Waals surface area contributed by atoms with Crippen LogP contribution < -0.4 is 10.5 Å². The topological polar surface area (TPSA) is 78.6 Å². The van der Waals surface area contributed by atoms with Crippen LogP contribution in [-0.2, 0) is 14.6 Å². The number of ether oxygens (including phenoxy) is 2. The van der Waals surface area contributed by atoms with Crippen LogP contribution in [-0.4, -0.2) is 41.0 Å². The summed E-state index contributed by atoms with van der Waals surface area (Å²) in [6.07, 6.45) is 0. The highest BCUT2D eigenvalue weighted by Gasteiger charge is 2.22. The van der Waals surface area contributed by atoms with Crippen LogP contribution in [0.5, 0.6) is 5.75 Å². The molecule has 2 N–H and O–H groups in total. The van der Waals surface area contributed by atoms with Crippen molar-refractivity contribution >= 4 is 9.84 Å². The third-order valence-electron chi connectivity index (χ3n) is 2.22. The summed E-state index contributed by atoms with van der Waals surface area (Å²) in [6, 6.07) is 5.93. The van der Waals surface area contributed by atoms with Gasteiger partial charge in [-0.05, 0) is 12.1 Å².